The summed E-state index contributed by atoms with van der Waals surface area (Å²) in [7, 11) is 0. The minimum absolute atomic E-state index is 0.145. The fourth-order valence-corrected chi connectivity index (χ4v) is 2.49. The molecule has 0 atom stereocenters. The maximum atomic E-state index is 12.1. The summed E-state index contributed by atoms with van der Waals surface area (Å²) in [5, 5.41) is 6.35. The number of hydrogen-bond acceptors (Lipinski definition) is 5. The van der Waals surface area contributed by atoms with Crippen LogP contribution >= 0.6 is 12.2 Å². The molecule has 0 aromatic carbocycles. The van der Waals surface area contributed by atoms with E-state index in [1.165, 1.54) is 6.39 Å². The third-order valence-corrected chi connectivity index (χ3v) is 3.50. The van der Waals surface area contributed by atoms with Gasteiger partial charge in [-0.15, -0.1) is 0 Å². The van der Waals surface area contributed by atoms with Crippen LogP contribution in [0, 0.1) is 11.3 Å². The largest absolute Gasteiger partial charge is 0.392 e. The van der Waals surface area contributed by atoms with E-state index >= 15 is 0 Å². The Morgan fingerprint density at radius 3 is 2.94 bits per heavy atom. The van der Waals surface area contributed by atoms with E-state index in [1.807, 2.05) is 0 Å². The molecule has 1 aromatic rings. The molecule has 0 radical (unpaired) electrons. The Morgan fingerprint density at radius 2 is 2.47 bits per heavy atom. The van der Waals surface area contributed by atoms with Crippen LogP contribution in [0.5, 0.6) is 0 Å². The van der Waals surface area contributed by atoms with Crippen LogP contribution in [0.3, 0.4) is 0 Å². The summed E-state index contributed by atoms with van der Waals surface area (Å²) in [5.41, 5.74) is 4.98. The number of carbonyl (C=O) groups is 1. The SMILES string of the molecule is CC1CC(C(=O)NCc2ncon2)(C(N)=S)C1. The van der Waals surface area contributed by atoms with E-state index in [-0.39, 0.29) is 17.4 Å². The average Bonchev–Trinajstić information content (AvgIpc) is 2.73. The van der Waals surface area contributed by atoms with E-state index < -0.39 is 5.41 Å². The molecule has 1 heterocycles. The van der Waals surface area contributed by atoms with Crippen molar-refractivity contribution in [2.45, 2.75) is 26.3 Å². The van der Waals surface area contributed by atoms with E-state index in [0.717, 1.165) is 0 Å². The number of thiocarbonyl (C=S) groups is 1. The summed E-state index contributed by atoms with van der Waals surface area (Å²) in [6.07, 6.45) is 2.64. The molecule has 0 unspecified atom stereocenters. The number of aromatic nitrogens is 2. The fraction of sp³-hybridized carbons (Fsp3) is 0.600. The number of nitrogens with two attached hydrogens (primary N) is 1. The van der Waals surface area contributed by atoms with Crippen LogP contribution in [0.25, 0.3) is 0 Å². The highest BCUT2D eigenvalue weighted by Gasteiger charge is 2.50. The van der Waals surface area contributed by atoms with Crippen LogP contribution in [0.1, 0.15) is 25.6 Å². The molecule has 1 aromatic heterocycles. The second kappa shape index (κ2) is 4.40. The van der Waals surface area contributed by atoms with Crippen LogP contribution in [0.4, 0.5) is 0 Å². The monoisotopic (exact) mass is 254 g/mol. The Labute approximate surface area is 104 Å². The van der Waals surface area contributed by atoms with Crippen LogP contribution in [-0.2, 0) is 11.3 Å². The van der Waals surface area contributed by atoms with Gasteiger partial charge in [-0.05, 0) is 18.8 Å². The number of hydrogen-bond donors (Lipinski definition) is 2. The summed E-state index contributed by atoms with van der Waals surface area (Å²) < 4.78 is 4.57. The number of carbonyl (C=O) groups excluding carboxylic acids is 1. The smallest absolute Gasteiger partial charge is 0.233 e. The maximum Gasteiger partial charge on any atom is 0.233 e. The molecule has 1 fully saturated rings. The lowest BCUT2D eigenvalue weighted by Crippen LogP contribution is -2.55. The first-order chi connectivity index (χ1) is 8.04. The van der Waals surface area contributed by atoms with Crippen molar-refractivity contribution in [3.8, 4) is 0 Å². The predicted octanol–water partition coefficient (Wildman–Crippen LogP) is 0.388. The van der Waals surface area contributed by atoms with Gasteiger partial charge in [-0.2, -0.15) is 4.98 Å². The first-order valence-electron chi connectivity index (χ1n) is 5.38. The molecule has 1 aliphatic carbocycles. The minimum Gasteiger partial charge on any atom is -0.392 e. The molecule has 3 N–H and O–H groups in total. The molecule has 1 saturated carbocycles. The van der Waals surface area contributed by atoms with Gasteiger partial charge in [0, 0.05) is 0 Å². The average molecular weight is 254 g/mol. The number of rotatable bonds is 4. The van der Waals surface area contributed by atoms with E-state index in [1.54, 1.807) is 0 Å². The lowest BCUT2D eigenvalue weighted by Gasteiger charge is -2.43. The zero-order chi connectivity index (χ0) is 12.5. The van der Waals surface area contributed by atoms with Crippen molar-refractivity contribution in [1.29, 1.82) is 0 Å². The Bertz CT molecular complexity index is 426. The zero-order valence-corrected chi connectivity index (χ0v) is 10.3. The van der Waals surface area contributed by atoms with Gasteiger partial charge < -0.3 is 15.6 Å². The van der Waals surface area contributed by atoms with Crippen molar-refractivity contribution in [2.75, 3.05) is 0 Å². The third kappa shape index (κ3) is 2.14. The maximum absolute atomic E-state index is 12.1. The highest BCUT2D eigenvalue weighted by atomic mass is 32.1. The van der Waals surface area contributed by atoms with Crippen LogP contribution in [-0.4, -0.2) is 21.0 Å². The molecular formula is C10H14N4O2S. The molecule has 92 valence electrons. The van der Waals surface area contributed by atoms with E-state index in [9.17, 15) is 4.79 Å². The molecule has 0 bridgehead atoms. The van der Waals surface area contributed by atoms with Crippen LogP contribution in [0.15, 0.2) is 10.9 Å². The number of nitrogens with zero attached hydrogens (tertiary/aromatic N) is 2. The molecule has 0 spiro atoms. The molecular weight excluding hydrogens is 240 g/mol. The number of nitrogens with one attached hydrogen (secondary N) is 1. The zero-order valence-electron chi connectivity index (χ0n) is 9.47. The fourth-order valence-electron chi connectivity index (χ4n) is 2.23. The van der Waals surface area contributed by atoms with Crippen molar-refractivity contribution in [3.05, 3.63) is 12.2 Å². The Kier molecular flexibility index (Phi) is 3.10. The lowest BCUT2D eigenvalue weighted by atomic mass is 9.62. The molecule has 17 heavy (non-hydrogen) atoms. The summed E-state index contributed by atoms with van der Waals surface area (Å²) in [6, 6.07) is 0. The summed E-state index contributed by atoms with van der Waals surface area (Å²) in [5.74, 6) is 0.768. The standard InChI is InChI=1S/C10H14N4O2S/c1-6-2-10(3-6,8(11)17)9(15)12-4-7-13-5-16-14-7/h5-6H,2-4H2,1H3,(H2,11,17)(H,12,15). The van der Waals surface area contributed by atoms with Crippen molar-refractivity contribution in [3.63, 3.8) is 0 Å². The first-order valence-corrected chi connectivity index (χ1v) is 5.79. The Balaban J connectivity index is 1.96. The molecule has 6 nitrogen and oxygen atoms in total. The first kappa shape index (κ1) is 12.0. The van der Waals surface area contributed by atoms with Crippen LogP contribution < -0.4 is 11.1 Å². The summed E-state index contributed by atoms with van der Waals surface area (Å²) in [6.45, 7) is 2.30. The minimum atomic E-state index is -0.682. The Morgan fingerprint density at radius 1 is 1.76 bits per heavy atom. The summed E-state index contributed by atoms with van der Waals surface area (Å²) in [4.78, 5) is 16.1. The summed E-state index contributed by atoms with van der Waals surface area (Å²) >= 11 is 4.99. The van der Waals surface area contributed by atoms with E-state index in [4.69, 9.17) is 18.0 Å². The highest BCUT2D eigenvalue weighted by molar-refractivity contribution is 7.80. The molecule has 0 aliphatic heterocycles. The van der Waals surface area contributed by atoms with Gasteiger partial charge in [0.25, 0.3) is 0 Å². The third-order valence-electron chi connectivity index (χ3n) is 3.11. The van der Waals surface area contributed by atoms with E-state index in [0.29, 0.717) is 24.6 Å². The van der Waals surface area contributed by atoms with Gasteiger partial charge in [-0.25, -0.2) is 0 Å². The molecule has 2 rings (SSSR count). The quantitative estimate of drug-likeness (QED) is 0.755. The van der Waals surface area contributed by atoms with Crippen molar-refractivity contribution in [1.82, 2.24) is 15.5 Å². The second-order valence-corrected chi connectivity index (χ2v) is 4.93. The Hall–Kier alpha value is -1.50. The normalized spacial score (nSPS) is 27.2. The lowest BCUT2D eigenvalue weighted by molar-refractivity contribution is -0.133. The van der Waals surface area contributed by atoms with Gasteiger partial charge in [0.15, 0.2) is 5.82 Å². The van der Waals surface area contributed by atoms with Gasteiger partial charge in [-0.3, -0.25) is 4.79 Å². The van der Waals surface area contributed by atoms with Gasteiger partial charge in [0.2, 0.25) is 12.3 Å². The highest BCUT2D eigenvalue weighted by Crippen LogP contribution is 2.45. The molecule has 1 amide bonds. The van der Waals surface area contributed by atoms with Gasteiger partial charge in [0.1, 0.15) is 0 Å². The predicted molar refractivity (Wildman–Crippen MR) is 63.8 cm³/mol. The van der Waals surface area contributed by atoms with Gasteiger partial charge >= 0.3 is 0 Å². The number of amides is 1. The molecule has 1 aliphatic rings. The van der Waals surface area contributed by atoms with E-state index in [2.05, 4.69) is 26.9 Å². The second-order valence-electron chi connectivity index (χ2n) is 4.49. The molecule has 7 heteroatoms. The topological polar surface area (TPSA) is 94.0 Å². The molecule has 0 saturated heterocycles. The van der Waals surface area contributed by atoms with Crippen molar-refractivity contribution in [2.24, 2.45) is 17.1 Å². The van der Waals surface area contributed by atoms with Crippen LogP contribution in [0.2, 0.25) is 0 Å². The van der Waals surface area contributed by atoms with Crippen molar-refractivity contribution < 1.29 is 9.32 Å². The van der Waals surface area contributed by atoms with Gasteiger partial charge in [0.05, 0.1) is 16.9 Å². The van der Waals surface area contributed by atoms with Gasteiger partial charge in [-0.1, -0.05) is 24.3 Å². The van der Waals surface area contributed by atoms with Crippen molar-refractivity contribution >= 4 is 23.1 Å².